The Hall–Kier alpha value is -1.04. The maximum Gasteiger partial charge on any atom is 0.159 e. The molecule has 0 radical (unpaired) electrons. The van der Waals surface area contributed by atoms with Crippen molar-refractivity contribution in [2.75, 3.05) is 32.8 Å². The molecule has 1 saturated heterocycles. The molecule has 1 heterocycles. The lowest BCUT2D eigenvalue weighted by atomic mass is 10.1. The number of hydrogen-bond acceptors (Lipinski definition) is 3. The fourth-order valence-corrected chi connectivity index (χ4v) is 1.94. The topological polar surface area (TPSA) is 33.3 Å². The van der Waals surface area contributed by atoms with Gasteiger partial charge in [0.15, 0.2) is 11.6 Å². The summed E-state index contributed by atoms with van der Waals surface area (Å²) in [7, 11) is 0. The highest BCUT2D eigenvalue weighted by Gasteiger charge is 2.12. The molecule has 1 aliphatic rings. The van der Waals surface area contributed by atoms with E-state index >= 15 is 0 Å². The molecule has 2 N–H and O–H groups in total. The molecule has 0 saturated carbocycles. The highest BCUT2D eigenvalue weighted by molar-refractivity contribution is 5.18. The molecule has 0 spiro atoms. The Bertz CT molecular complexity index is 381. The van der Waals surface area contributed by atoms with Crippen LogP contribution in [-0.4, -0.2) is 38.9 Å². The van der Waals surface area contributed by atoms with Crippen molar-refractivity contribution in [1.82, 2.24) is 10.6 Å². The molecule has 0 aromatic heterocycles. The monoisotopic (exact) mass is 256 g/mol. The maximum atomic E-state index is 13.0. The average molecular weight is 256 g/mol. The summed E-state index contributed by atoms with van der Waals surface area (Å²) in [5, 5.41) is 6.51. The third-order valence-corrected chi connectivity index (χ3v) is 2.95. The van der Waals surface area contributed by atoms with Crippen LogP contribution in [0.3, 0.4) is 0 Å². The van der Waals surface area contributed by atoms with Crippen molar-refractivity contribution < 1.29 is 13.5 Å². The summed E-state index contributed by atoms with van der Waals surface area (Å²) in [5.41, 5.74) is 0.795. The Kier molecular flexibility index (Phi) is 5.04. The number of benzene rings is 1. The first-order valence-electron chi connectivity index (χ1n) is 6.22. The van der Waals surface area contributed by atoms with E-state index in [-0.39, 0.29) is 6.10 Å². The lowest BCUT2D eigenvalue weighted by Crippen LogP contribution is -2.44. The summed E-state index contributed by atoms with van der Waals surface area (Å²) in [6.07, 6.45) is 0.876. The molecule has 2 rings (SSSR count). The van der Waals surface area contributed by atoms with E-state index in [1.807, 2.05) is 0 Å². The van der Waals surface area contributed by atoms with E-state index in [0.717, 1.165) is 38.3 Å². The van der Waals surface area contributed by atoms with Crippen LogP contribution in [0.4, 0.5) is 8.78 Å². The average Bonchev–Trinajstić information content (AvgIpc) is 2.40. The Morgan fingerprint density at radius 3 is 2.94 bits per heavy atom. The zero-order chi connectivity index (χ0) is 12.8. The van der Waals surface area contributed by atoms with Gasteiger partial charge in [0.1, 0.15) is 0 Å². The first-order chi connectivity index (χ1) is 8.75. The van der Waals surface area contributed by atoms with Crippen LogP contribution in [0.5, 0.6) is 0 Å². The number of hydrogen-bond donors (Lipinski definition) is 2. The van der Waals surface area contributed by atoms with Crippen LogP contribution in [-0.2, 0) is 11.2 Å². The minimum atomic E-state index is -0.798. The number of rotatable bonds is 5. The van der Waals surface area contributed by atoms with Crippen LogP contribution in [0.2, 0.25) is 0 Å². The molecule has 1 aliphatic heterocycles. The van der Waals surface area contributed by atoms with Gasteiger partial charge in [-0.15, -0.1) is 0 Å². The molecule has 1 atom stereocenters. The summed E-state index contributed by atoms with van der Waals surface area (Å²) >= 11 is 0. The van der Waals surface area contributed by atoms with Gasteiger partial charge >= 0.3 is 0 Å². The van der Waals surface area contributed by atoms with Crippen LogP contribution in [0.1, 0.15) is 5.56 Å². The van der Waals surface area contributed by atoms with Gasteiger partial charge in [-0.25, -0.2) is 8.78 Å². The zero-order valence-corrected chi connectivity index (χ0v) is 10.2. The normalized spacial score (nSPS) is 20.0. The third kappa shape index (κ3) is 4.01. The van der Waals surface area contributed by atoms with Gasteiger partial charge in [0.05, 0.1) is 12.7 Å². The number of halogens is 2. The van der Waals surface area contributed by atoms with E-state index in [9.17, 15) is 8.78 Å². The zero-order valence-electron chi connectivity index (χ0n) is 10.2. The van der Waals surface area contributed by atoms with E-state index in [1.54, 1.807) is 6.07 Å². The van der Waals surface area contributed by atoms with Crippen LogP contribution in [0, 0.1) is 11.6 Å². The maximum absolute atomic E-state index is 13.0. The van der Waals surface area contributed by atoms with Gasteiger partial charge < -0.3 is 15.4 Å². The van der Waals surface area contributed by atoms with Crippen molar-refractivity contribution in [1.29, 1.82) is 0 Å². The van der Waals surface area contributed by atoms with E-state index in [0.29, 0.717) is 6.42 Å². The third-order valence-electron chi connectivity index (χ3n) is 2.95. The van der Waals surface area contributed by atoms with Crippen molar-refractivity contribution in [3.8, 4) is 0 Å². The van der Waals surface area contributed by atoms with E-state index in [4.69, 9.17) is 4.74 Å². The Morgan fingerprint density at radius 2 is 2.22 bits per heavy atom. The molecule has 1 unspecified atom stereocenters. The van der Waals surface area contributed by atoms with E-state index in [1.165, 1.54) is 12.1 Å². The summed E-state index contributed by atoms with van der Waals surface area (Å²) < 4.78 is 31.2. The predicted octanol–water partition coefficient (Wildman–Crippen LogP) is 1.09. The van der Waals surface area contributed by atoms with Gasteiger partial charge in [-0.2, -0.15) is 0 Å². The van der Waals surface area contributed by atoms with Crippen LogP contribution < -0.4 is 10.6 Å². The van der Waals surface area contributed by atoms with Crippen molar-refractivity contribution >= 4 is 0 Å². The quantitative estimate of drug-likeness (QED) is 0.774. The molecule has 100 valence electrons. The molecule has 1 aromatic rings. The second kappa shape index (κ2) is 6.78. The fraction of sp³-hybridized carbons (Fsp3) is 0.538. The lowest BCUT2D eigenvalue weighted by Gasteiger charge is -2.23. The summed E-state index contributed by atoms with van der Waals surface area (Å²) in [4.78, 5) is 0. The van der Waals surface area contributed by atoms with Gasteiger partial charge in [0.2, 0.25) is 0 Å². The smallest absolute Gasteiger partial charge is 0.159 e. The van der Waals surface area contributed by atoms with Crippen molar-refractivity contribution in [2.45, 2.75) is 12.5 Å². The minimum Gasteiger partial charge on any atom is -0.374 e. The largest absolute Gasteiger partial charge is 0.374 e. The highest BCUT2D eigenvalue weighted by Crippen LogP contribution is 2.08. The van der Waals surface area contributed by atoms with E-state index in [2.05, 4.69) is 10.6 Å². The van der Waals surface area contributed by atoms with Gasteiger partial charge in [-0.05, 0) is 30.7 Å². The predicted molar refractivity (Wildman–Crippen MR) is 65.5 cm³/mol. The Balaban J connectivity index is 1.66. The first-order valence-corrected chi connectivity index (χ1v) is 6.22. The Labute approximate surface area is 106 Å². The molecule has 1 fully saturated rings. The number of nitrogens with one attached hydrogen (secondary N) is 2. The van der Waals surface area contributed by atoms with Crippen LogP contribution >= 0.6 is 0 Å². The molecular weight excluding hydrogens is 238 g/mol. The molecule has 18 heavy (non-hydrogen) atoms. The summed E-state index contributed by atoms with van der Waals surface area (Å²) in [5.74, 6) is -1.58. The standard InChI is InChI=1S/C13H18F2N2O/c14-12-2-1-10(7-13(12)15)3-4-16-8-11-9-17-5-6-18-11/h1-2,7,11,16-17H,3-6,8-9H2. The van der Waals surface area contributed by atoms with Crippen molar-refractivity contribution in [3.63, 3.8) is 0 Å². The summed E-state index contributed by atoms with van der Waals surface area (Å²) in [6.45, 7) is 4.01. The second-order valence-electron chi connectivity index (χ2n) is 4.40. The number of ether oxygens (including phenoxy) is 1. The van der Waals surface area contributed by atoms with Crippen molar-refractivity contribution in [3.05, 3.63) is 35.4 Å². The lowest BCUT2D eigenvalue weighted by molar-refractivity contribution is 0.0294. The number of morpholine rings is 1. The molecule has 5 heteroatoms. The minimum absolute atomic E-state index is 0.198. The molecule has 3 nitrogen and oxygen atoms in total. The van der Waals surface area contributed by atoms with Crippen molar-refractivity contribution in [2.24, 2.45) is 0 Å². The van der Waals surface area contributed by atoms with Gasteiger partial charge in [-0.1, -0.05) is 6.07 Å². The summed E-state index contributed by atoms with van der Waals surface area (Å²) in [6, 6.07) is 4.02. The van der Waals surface area contributed by atoms with Gasteiger partial charge in [0, 0.05) is 19.6 Å². The molecule has 0 bridgehead atoms. The molecule has 0 aliphatic carbocycles. The molecule has 1 aromatic carbocycles. The highest BCUT2D eigenvalue weighted by atomic mass is 19.2. The Morgan fingerprint density at radius 1 is 1.33 bits per heavy atom. The van der Waals surface area contributed by atoms with Crippen LogP contribution in [0.25, 0.3) is 0 Å². The van der Waals surface area contributed by atoms with Gasteiger partial charge in [-0.3, -0.25) is 0 Å². The first kappa shape index (κ1) is 13.4. The van der Waals surface area contributed by atoms with Crippen LogP contribution in [0.15, 0.2) is 18.2 Å². The second-order valence-corrected chi connectivity index (χ2v) is 4.40. The van der Waals surface area contributed by atoms with E-state index < -0.39 is 11.6 Å². The molecular formula is C13H18F2N2O. The van der Waals surface area contributed by atoms with Gasteiger partial charge in [0.25, 0.3) is 0 Å². The fourth-order valence-electron chi connectivity index (χ4n) is 1.94. The molecule has 0 amide bonds. The SMILES string of the molecule is Fc1ccc(CCNCC2CNCCO2)cc1F.